The van der Waals surface area contributed by atoms with Crippen LogP contribution in [0.4, 0.5) is 21.0 Å². The number of halogens is 2. The van der Waals surface area contributed by atoms with Crippen molar-refractivity contribution in [3.8, 4) is 24.3 Å². The summed E-state index contributed by atoms with van der Waals surface area (Å²) in [5.41, 5.74) is -6.89. The van der Waals surface area contributed by atoms with Gasteiger partial charge in [0.25, 0.3) is 11.8 Å². The summed E-state index contributed by atoms with van der Waals surface area (Å²) in [5, 5.41) is 40.1. The Hall–Kier alpha value is -5.68. The van der Waals surface area contributed by atoms with E-state index in [4.69, 9.17) is 9.47 Å². The first-order valence-electron chi connectivity index (χ1n) is 17.1. The number of hydrogen-bond donors (Lipinski definition) is 0. The maximum atomic E-state index is 13.6. The second kappa shape index (κ2) is 13.5. The lowest BCUT2D eigenvalue weighted by Gasteiger charge is -2.39. The first-order valence-corrected chi connectivity index (χ1v) is 18.7. The van der Waals surface area contributed by atoms with Gasteiger partial charge in [-0.2, -0.15) is 21.0 Å². The Morgan fingerprint density at radius 3 is 1.23 bits per heavy atom. The Labute approximate surface area is 342 Å². The molecule has 4 amide bonds. The largest absolute Gasteiger partial charge is 0.443 e. The zero-order valence-electron chi connectivity index (χ0n) is 32.1. The summed E-state index contributed by atoms with van der Waals surface area (Å²) in [6, 6.07) is 18.3. The summed E-state index contributed by atoms with van der Waals surface area (Å²) in [7, 11) is 3.11. The van der Waals surface area contributed by atoms with Gasteiger partial charge in [-0.3, -0.25) is 19.4 Å². The Bertz CT molecular complexity index is 2130. The smallest absolute Gasteiger partial charge is 0.415 e. The molecule has 0 unspecified atom stereocenters. The highest BCUT2D eigenvalue weighted by molar-refractivity contribution is 9.10. The van der Waals surface area contributed by atoms with Gasteiger partial charge in [0, 0.05) is 69.8 Å². The first kappa shape index (κ1) is 41.5. The Morgan fingerprint density at radius 1 is 0.661 bits per heavy atom. The molecule has 0 aliphatic carbocycles. The van der Waals surface area contributed by atoms with Gasteiger partial charge in [-0.15, -0.1) is 0 Å². The van der Waals surface area contributed by atoms with E-state index in [0.29, 0.717) is 31.4 Å². The van der Waals surface area contributed by atoms with Crippen molar-refractivity contribution in [2.24, 2.45) is 10.8 Å². The van der Waals surface area contributed by atoms with Crippen molar-refractivity contribution >= 4 is 67.2 Å². The van der Waals surface area contributed by atoms with E-state index in [-0.39, 0.29) is 24.2 Å². The minimum Gasteiger partial charge on any atom is -0.443 e. The van der Waals surface area contributed by atoms with Gasteiger partial charge in [-0.25, -0.2) is 9.59 Å². The summed E-state index contributed by atoms with van der Waals surface area (Å²) in [6.45, 7) is 18.0. The van der Waals surface area contributed by atoms with Crippen molar-refractivity contribution in [2.45, 2.75) is 76.7 Å². The zero-order chi connectivity index (χ0) is 42.1. The fraction of sp³-hybridized carbons (Fsp3) is 0.400. The van der Waals surface area contributed by atoms with Crippen molar-refractivity contribution in [2.75, 3.05) is 23.9 Å². The minimum absolute atomic E-state index is 0.148. The standard InChI is InChI=1S/2C20H19BrN4O3/c2*1-12-9-19(10-22,11-23)20(25(12)17(27)28-18(2,3)4)14-8-13(21)6-7-15(14)24(5)16(20)26/h2*6-8H,1,9H2,2-5H3/t2*20-/m00/s1. The van der Waals surface area contributed by atoms with E-state index < -0.39 is 57.1 Å². The van der Waals surface area contributed by atoms with E-state index in [2.05, 4.69) is 45.0 Å². The van der Waals surface area contributed by atoms with Gasteiger partial charge in [0.1, 0.15) is 11.2 Å². The van der Waals surface area contributed by atoms with Crippen molar-refractivity contribution in [3.63, 3.8) is 0 Å². The van der Waals surface area contributed by atoms with Crippen molar-refractivity contribution in [3.05, 3.63) is 81.0 Å². The molecule has 14 nitrogen and oxygen atoms in total. The maximum absolute atomic E-state index is 13.6. The van der Waals surface area contributed by atoms with Crippen LogP contribution in [0.25, 0.3) is 0 Å². The van der Waals surface area contributed by atoms with Gasteiger partial charge in [0.15, 0.2) is 21.9 Å². The second-order valence-corrected chi connectivity index (χ2v) is 17.7. The SMILES string of the molecule is C=C1CC(C#N)(C#N)[C@]2(C(=O)N(C)c3ccc(Br)cc32)N1C(=O)OC(C)(C)C.C=C1CC(C#N)(C#N)[C@]2(C(=O)N(C)c3ccc(Br)cc32)N1C(=O)OC(C)(C)C. The van der Waals surface area contributed by atoms with E-state index in [9.17, 15) is 40.2 Å². The molecule has 2 spiro atoms. The van der Waals surface area contributed by atoms with Gasteiger partial charge in [0.2, 0.25) is 0 Å². The number of nitriles is 4. The topological polar surface area (TPSA) is 195 Å². The lowest BCUT2D eigenvalue weighted by atomic mass is 9.68. The van der Waals surface area contributed by atoms with Gasteiger partial charge in [-0.1, -0.05) is 45.0 Å². The van der Waals surface area contributed by atoms with Crippen LogP contribution in [-0.2, 0) is 30.1 Å². The molecule has 0 N–H and O–H groups in total. The van der Waals surface area contributed by atoms with E-state index >= 15 is 0 Å². The van der Waals surface area contributed by atoms with Crippen LogP contribution in [0.3, 0.4) is 0 Å². The molecule has 2 aromatic rings. The second-order valence-electron chi connectivity index (χ2n) is 15.8. The molecule has 56 heavy (non-hydrogen) atoms. The molecule has 2 aromatic carbocycles. The number of rotatable bonds is 0. The summed E-state index contributed by atoms with van der Waals surface area (Å²) >= 11 is 6.77. The predicted octanol–water partition coefficient (Wildman–Crippen LogP) is 7.62. The highest BCUT2D eigenvalue weighted by Crippen LogP contribution is 2.63. The Kier molecular flexibility index (Phi) is 10.0. The molecular weight excluding hydrogens is 848 g/mol. The van der Waals surface area contributed by atoms with Crippen LogP contribution >= 0.6 is 31.9 Å². The van der Waals surface area contributed by atoms with Crippen LogP contribution in [0.2, 0.25) is 0 Å². The quantitative estimate of drug-likeness (QED) is 0.254. The Balaban J connectivity index is 0.000000214. The van der Waals surface area contributed by atoms with Crippen LogP contribution in [0.5, 0.6) is 0 Å². The number of likely N-dealkylation sites (tertiary alicyclic amines) is 2. The molecule has 288 valence electrons. The first-order chi connectivity index (χ1) is 25.9. The third-order valence-electron chi connectivity index (χ3n) is 10.0. The molecule has 16 heteroatoms. The number of ether oxygens (including phenoxy) is 2. The third kappa shape index (κ3) is 5.66. The van der Waals surface area contributed by atoms with Gasteiger partial charge in [-0.05, 0) is 77.9 Å². The van der Waals surface area contributed by atoms with Crippen LogP contribution in [0.1, 0.15) is 65.5 Å². The van der Waals surface area contributed by atoms with E-state index in [1.807, 2.05) is 24.3 Å². The number of anilines is 2. The molecule has 4 aliphatic heterocycles. The lowest BCUT2D eigenvalue weighted by Crippen LogP contribution is -2.58. The summed E-state index contributed by atoms with van der Waals surface area (Å²) in [6.07, 6.45) is -1.94. The molecule has 0 bridgehead atoms. The molecule has 0 aromatic heterocycles. The fourth-order valence-electron chi connectivity index (χ4n) is 7.93. The van der Waals surface area contributed by atoms with E-state index in [0.717, 1.165) is 9.80 Å². The highest BCUT2D eigenvalue weighted by Gasteiger charge is 2.75. The van der Waals surface area contributed by atoms with Crippen LogP contribution < -0.4 is 9.80 Å². The van der Waals surface area contributed by atoms with Crippen molar-refractivity contribution in [1.29, 1.82) is 21.0 Å². The molecule has 2 atom stereocenters. The lowest BCUT2D eigenvalue weighted by molar-refractivity contribution is -0.130. The summed E-state index contributed by atoms with van der Waals surface area (Å²) in [4.78, 5) is 58.4. The highest BCUT2D eigenvalue weighted by atomic mass is 79.9. The van der Waals surface area contributed by atoms with Crippen molar-refractivity contribution < 1.29 is 28.7 Å². The molecule has 2 fully saturated rings. The summed E-state index contributed by atoms with van der Waals surface area (Å²) < 4.78 is 12.3. The molecular formula is C40H38Br2N8O6. The minimum atomic E-state index is -1.87. The molecule has 2 saturated heterocycles. The normalized spacial score (nSPS) is 22.8. The van der Waals surface area contributed by atoms with Crippen LogP contribution in [-0.4, -0.2) is 59.1 Å². The number of likely N-dealkylation sites (N-methyl/N-ethyl adjacent to an activating group) is 2. The number of fused-ring (bicyclic) bond motifs is 4. The molecule has 6 rings (SSSR count). The molecule has 0 saturated carbocycles. The monoisotopic (exact) mass is 884 g/mol. The average molecular weight is 887 g/mol. The van der Waals surface area contributed by atoms with Gasteiger partial charge < -0.3 is 19.3 Å². The number of hydrogen-bond acceptors (Lipinski definition) is 10. The Morgan fingerprint density at radius 2 is 0.964 bits per heavy atom. The van der Waals surface area contributed by atoms with Gasteiger partial charge >= 0.3 is 12.2 Å². The van der Waals surface area contributed by atoms with Crippen LogP contribution in [0, 0.1) is 56.2 Å². The van der Waals surface area contributed by atoms with E-state index in [1.54, 1.807) is 92.0 Å². The average Bonchev–Trinajstić information content (AvgIpc) is 3.69. The van der Waals surface area contributed by atoms with Crippen LogP contribution in [0.15, 0.2) is 69.9 Å². The van der Waals surface area contributed by atoms with Gasteiger partial charge in [0.05, 0.1) is 24.3 Å². The maximum Gasteiger partial charge on any atom is 0.415 e. The number of nitrogens with zero attached hydrogens (tertiary/aromatic N) is 8. The fourth-order valence-corrected chi connectivity index (χ4v) is 8.66. The number of carbonyl (C=O) groups is 4. The molecule has 4 heterocycles. The summed E-state index contributed by atoms with van der Waals surface area (Å²) in [5.74, 6) is -1.10. The number of allylic oxidation sites excluding steroid dienone is 2. The molecule has 0 radical (unpaired) electrons. The number of amides is 4. The zero-order valence-corrected chi connectivity index (χ0v) is 35.2. The van der Waals surface area contributed by atoms with E-state index in [1.165, 1.54) is 9.80 Å². The number of carbonyl (C=O) groups excluding carboxylic acids is 4. The number of benzene rings is 2. The van der Waals surface area contributed by atoms with Crippen molar-refractivity contribution in [1.82, 2.24) is 9.80 Å². The third-order valence-corrected chi connectivity index (χ3v) is 11.0. The molecule has 4 aliphatic rings. The predicted molar refractivity (Wildman–Crippen MR) is 209 cm³/mol.